The number of nitrogens with zero attached hydrogens (tertiary/aromatic N) is 2. The SMILES string of the molecule is CCOc1ccc(C(=O)NCCc2nc(-c3cccs3)cn2C)cc1OCC. The summed E-state index contributed by atoms with van der Waals surface area (Å²) in [4.78, 5) is 18.3. The zero-order chi connectivity index (χ0) is 19.9. The van der Waals surface area contributed by atoms with Gasteiger partial charge in [-0.15, -0.1) is 11.3 Å². The molecule has 0 aliphatic heterocycles. The molecule has 0 unspecified atom stereocenters. The Bertz CT molecular complexity index is 919. The number of amides is 1. The van der Waals surface area contributed by atoms with Crippen LogP contribution < -0.4 is 14.8 Å². The van der Waals surface area contributed by atoms with Crippen molar-refractivity contribution in [2.45, 2.75) is 20.3 Å². The fourth-order valence-electron chi connectivity index (χ4n) is 2.86. The highest BCUT2D eigenvalue weighted by Gasteiger charge is 2.12. The molecule has 1 amide bonds. The Hall–Kier alpha value is -2.80. The Morgan fingerprint density at radius 3 is 2.68 bits per heavy atom. The standard InChI is InChI=1S/C21H25N3O3S/c1-4-26-17-9-8-15(13-18(17)27-5-2)21(25)22-11-10-20-23-16(14-24(20)3)19-7-6-12-28-19/h6-9,12-14H,4-5,10-11H2,1-3H3,(H,22,25). The van der Waals surface area contributed by atoms with Gasteiger partial charge < -0.3 is 19.4 Å². The molecule has 7 heteroatoms. The van der Waals surface area contributed by atoms with Gasteiger partial charge in [-0.05, 0) is 43.5 Å². The molecule has 0 saturated carbocycles. The lowest BCUT2D eigenvalue weighted by atomic mass is 10.2. The molecule has 28 heavy (non-hydrogen) atoms. The highest BCUT2D eigenvalue weighted by Crippen LogP contribution is 2.28. The van der Waals surface area contributed by atoms with Crippen LogP contribution in [0.15, 0.2) is 41.9 Å². The van der Waals surface area contributed by atoms with Gasteiger partial charge in [0.1, 0.15) is 5.82 Å². The summed E-state index contributed by atoms with van der Waals surface area (Å²) in [6, 6.07) is 9.32. The van der Waals surface area contributed by atoms with Gasteiger partial charge in [-0.3, -0.25) is 4.79 Å². The van der Waals surface area contributed by atoms with E-state index in [4.69, 9.17) is 9.47 Å². The molecule has 3 rings (SSSR count). The summed E-state index contributed by atoms with van der Waals surface area (Å²) in [5, 5.41) is 4.99. The number of aryl methyl sites for hydroxylation is 1. The third-order valence-corrected chi connectivity index (χ3v) is 5.08. The maximum atomic E-state index is 12.5. The molecule has 0 atom stereocenters. The van der Waals surface area contributed by atoms with Gasteiger partial charge in [0, 0.05) is 31.8 Å². The zero-order valence-electron chi connectivity index (χ0n) is 16.4. The summed E-state index contributed by atoms with van der Waals surface area (Å²) in [6.07, 6.45) is 2.67. The molecule has 0 fully saturated rings. The van der Waals surface area contributed by atoms with Crippen LogP contribution in [0, 0.1) is 0 Å². The predicted octanol–water partition coefficient (Wildman–Crippen LogP) is 3.92. The van der Waals surface area contributed by atoms with Crippen molar-refractivity contribution in [3.05, 3.63) is 53.3 Å². The van der Waals surface area contributed by atoms with Gasteiger partial charge in [0.05, 0.1) is 23.8 Å². The van der Waals surface area contributed by atoms with E-state index in [2.05, 4.69) is 16.4 Å². The summed E-state index contributed by atoms with van der Waals surface area (Å²) in [5.74, 6) is 2.03. The number of hydrogen-bond donors (Lipinski definition) is 1. The fourth-order valence-corrected chi connectivity index (χ4v) is 3.54. The smallest absolute Gasteiger partial charge is 0.251 e. The number of hydrogen-bond acceptors (Lipinski definition) is 5. The average molecular weight is 400 g/mol. The minimum absolute atomic E-state index is 0.142. The van der Waals surface area contributed by atoms with Crippen molar-refractivity contribution in [1.29, 1.82) is 0 Å². The topological polar surface area (TPSA) is 65.4 Å². The van der Waals surface area contributed by atoms with Crippen molar-refractivity contribution in [3.8, 4) is 22.1 Å². The van der Waals surface area contributed by atoms with Crippen LogP contribution in [-0.2, 0) is 13.5 Å². The number of carbonyl (C=O) groups is 1. The number of thiophene rings is 1. The van der Waals surface area contributed by atoms with E-state index >= 15 is 0 Å². The van der Waals surface area contributed by atoms with E-state index in [9.17, 15) is 4.79 Å². The van der Waals surface area contributed by atoms with Crippen LogP contribution in [-0.4, -0.2) is 35.2 Å². The molecule has 0 aliphatic rings. The van der Waals surface area contributed by atoms with E-state index in [1.165, 1.54) is 0 Å². The summed E-state index contributed by atoms with van der Waals surface area (Å²) < 4.78 is 13.1. The highest BCUT2D eigenvalue weighted by atomic mass is 32.1. The molecular weight excluding hydrogens is 374 g/mol. The first kappa shape index (κ1) is 19.9. The van der Waals surface area contributed by atoms with Crippen molar-refractivity contribution in [2.24, 2.45) is 7.05 Å². The van der Waals surface area contributed by atoms with Gasteiger partial charge in [-0.2, -0.15) is 0 Å². The largest absolute Gasteiger partial charge is 0.490 e. The molecule has 0 saturated heterocycles. The van der Waals surface area contributed by atoms with Gasteiger partial charge in [-0.1, -0.05) is 6.07 Å². The Balaban J connectivity index is 1.61. The molecule has 1 N–H and O–H groups in total. The minimum atomic E-state index is -0.142. The molecule has 2 heterocycles. The van der Waals surface area contributed by atoms with E-state index in [1.807, 2.05) is 43.1 Å². The zero-order valence-corrected chi connectivity index (χ0v) is 17.2. The molecule has 0 aliphatic carbocycles. The molecule has 0 spiro atoms. The van der Waals surface area contributed by atoms with Gasteiger partial charge in [0.15, 0.2) is 11.5 Å². The molecule has 0 bridgehead atoms. The summed E-state index contributed by atoms with van der Waals surface area (Å²) in [7, 11) is 1.97. The van der Waals surface area contributed by atoms with Crippen LogP contribution in [0.2, 0.25) is 0 Å². The first-order valence-corrected chi connectivity index (χ1v) is 10.2. The number of nitrogens with one attached hydrogen (secondary N) is 1. The van der Waals surface area contributed by atoms with Crippen LogP contribution in [0.5, 0.6) is 11.5 Å². The third kappa shape index (κ3) is 4.72. The lowest BCUT2D eigenvalue weighted by Crippen LogP contribution is -2.26. The summed E-state index contributed by atoms with van der Waals surface area (Å²) >= 11 is 1.67. The van der Waals surface area contributed by atoms with Gasteiger partial charge in [0.2, 0.25) is 0 Å². The lowest BCUT2D eigenvalue weighted by molar-refractivity contribution is 0.0953. The lowest BCUT2D eigenvalue weighted by Gasteiger charge is -2.12. The van der Waals surface area contributed by atoms with Gasteiger partial charge in [0.25, 0.3) is 5.91 Å². The van der Waals surface area contributed by atoms with E-state index in [1.54, 1.807) is 29.5 Å². The first-order chi connectivity index (χ1) is 13.6. The van der Waals surface area contributed by atoms with Gasteiger partial charge in [-0.25, -0.2) is 4.98 Å². The van der Waals surface area contributed by atoms with Gasteiger partial charge >= 0.3 is 0 Å². The number of imidazole rings is 1. The normalized spacial score (nSPS) is 10.7. The van der Waals surface area contributed by atoms with Crippen LogP contribution in [0.3, 0.4) is 0 Å². The second kappa shape index (κ2) is 9.41. The molecular formula is C21H25N3O3S. The molecule has 6 nitrogen and oxygen atoms in total. The molecule has 148 valence electrons. The predicted molar refractivity (Wildman–Crippen MR) is 111 cm³/mol. The van der Waals surface area contributed by atoms with Crippen molar-refractivity contribution >= 4 is 17.2 Å². The first-order valence-electron chi connectivity index (χ1n) is 9.36. The van der Waals surface area contributed by atoms with Crippen molar-refractivity contribution < 1.29 is 14.3 Å². The van der Waals surface area contributed by atoms with E-state index < -0.39 is 0 Å². The van der Waals surface area contributed by atoms with Crippen LogP contribution in [0.25, 0.3) is 10.6 Å². The number of benzene rings is 1. The number of rotatable bonds is 9. The fraction of sp³-hybridized carbons (Fsp3) is 0.333. The molecule has 1 aromatic carbocycles. The van der Waals surface area contributed by atoms with Crippen molar-refractivity contribution in [2.75, 3.05) is 19.8 Å². The summed E-state index contributed by atoms with van der Waals surface area (Å²) in [5.41, 5.74) is 1.51. The van der Waals surface area contributed by atoms with E-state index in [-0.39, 0.29) is 5.91 Å². The molecule has 3 aromatic rings. The minimum Gasteiger partial charge on any atom is -0.490 e. The Morgan fingerprint density at radius 1 is 1.18 bits per heavy atom. The van der Waals surface area contributed by atoms with E-state index in [0.717, 1.165) is 16.4 Å². The number of carbonyl (C=O) groups excluding carboxylic acids is 1. The van der Waals surface area contributed by atoms with Crippen molar-refractivity contribution in [3.63, 3.8) is 0 Å². The average Bonchev–Trinajstić information content (AvgIpc) is 3.33. The maximum absolute atomic E-state index is 12.5. The second-order valence-corrected chi connectivity index (χ2v) is 7.11. The Kier molecular flexibility index (Phi) is 6.71. The summed E-state index contributed by atoms with van der Waals surface area (Å²) in [6.45, 7) is 5.38. The third-order valence-electron chi connectivity index (χ3n) is 4.19. The molecule has 0 radical (unpaired) electrons. The van der Waals surface area contributed by atoms with Crippen LogP contribution >= 0.6 is 11.3 Å². The molecule has 2 aromatic heterocycles. The second-order valence-electron chi connectivity index (χ2n) is 6.16. The highest BCUT2D eigenvalue weighted by molar-refractivity contribution is 7.13. The quantitative estimate of drug-likeness (QED) is 0.592. The Labute approximate surface area is 169 Å². The number of aromatic nitrogens is 2. The Morgan fingerprint density at radius 2 is 1.96 bits per heavy atom. The van der Waals surface area contributed by atoms with Crippen LogP contribution in [0.4, 0.5) is 0 Å². The van der Waals surface area contributed by atoms with Crippen molar-refractivity contribution in [1.82, 2.24) is 14.9 Å². The monoisotopic (exact) mass is 399 g/mol. The number of ether oxygens (including phenoxy) is 2. The van der Waals surface area contributed by atoms with Crippen LogP contribution in [0.1, 0.15) is 30.0 Å². The van der Waals surface area contributed by atoms with E-state index in [0.29, 0.717) is 43.2 Å². The maximum Gasteiger partial charge on any atom is 0.251 e.